The Morgan fingerprint density at radius 3 is 1.98 bits per heavy atom. The fraction of sp³-hybridized carbons (Fsp3) is 0.0227. The average molecular weight is 666 g/mol. The maximum atomic E-state index is 6.61. The van der Waals surface area contributed by atoms with Crippen LogP contribution in [0.4, 0.5) is 0 Å². The topological polar surface area (TPSA) is 38.7 Å². The van der Waals surface area contributed by atoms with Gasteiger partial charge < -0.3 is 0 Å². The van der Waals surface area contributed by atoms with Crippen molar-refractivity contribution in [2.45, 2.75) is 6.92 Å². The third-order valence-corrected chi connectivity index (χ3v) is 10.4. The molecule has 3 nitrogen and oxygen atoms in total. The van der Waals surface area contributed by atoms with E-state index in [1.54, 1.807) is 11.3 Å². The molecule has 0 radical (unpaired) electrons. The maximum Gasteiger partial charge on any atom is 0.226 e. The molecule has 9 aromatic rings. The van der Waals surface area contributed by atoms with E-state index in [-0.39, 0.29) is 5.28 Å². The van der Waals surface area contributed by atoms with Crippen molar-refractivity contribution < 1.29 is 0 Å². The van der Waals surface area contributed by atoms with Crippen LogP contribution in [0, 0.1) is 6.92 Å². The summed E-state index contributed by atoms with van der Waals surface area (Å²) in [6.07, 6.45) is 0. The number of thiophene rings is 1. The minimum absolute atomic E-state index is 0.172. The van der Waals surface area contributed by atoms with Crippen molar-refractivity contribution in [2.24, 2.45) is 0 Å². The molecule has 0 aliphatic heterocycles. The van der Waals surface area contributed by atoms with E-state index in [0.717, 1.165) is 27.6 Å². The van der Waals surface area contributed by atoms with Crippen LogP contribution in [0.25, 0.3) is 87.1 Å². The molecular weight excluding hydrogens is 638 g/mol. The largest absolute Gasteiger partial charge is 0.226 e. The molecule has 0 N–H and O–H groups in total. The Morgan fingerprint density at radius 2 is 1.14 bits per heavy atom. The molecule has 0 saturated heterocycles. The van der Waals surface area contributed by atoms with Crippen molar-refractivity contribution in [3.63, 3.8) is 0 Å². The van der Waals surface area contributed by atoms with E-state index >= 15 is 0 Å². The number of aromatic nitrogens is 3. The van der Waals surface area contributed by atoms with Gasteiger partial charge in [-0.2, -0.15) is 9.97 Å². The quantitative estimate of drug-likeness (QED) is 0.184. The number of fused-ring (bicyclic) bond motifs is 4. The van der Waals surface area contributed by atoms with Crippen LogP contribution < -0.4 is 0 Å². The first-order chi connectivity index (χ1) is 24.1. The second kappa shape index (κ2) is 12.1. The average Bonchev–Trinajstić information content (AvgIpc) is 3.52. The predicted octanol–water partition coefficient (Wildman–Crippen LogP) is 12.7. The Hall–Kier alpha value is -5.68. The monoisotopic (exact) mass is 665 g/mol. The summed E-state index contributed by atoms with van der Waals surface area (Å²) in [5, 5.41) is 4.92. The molecule has 0 bridgehead atoms. The van der Waals surface area contributed by atoms with Gasteiger partial charge in [0.1, 0.15) is 0 Å². The van der Waals surface area contributed by atoms with Crippen molar-refractivity contribution in [3.8, 4) is 56.2 Å². The Kier molecular flexibility index (Phi) is 7.27. The van der Waals surface area contributed by atoms with Crippen molar-refractivity contribution in [1.82, 2.24) is 15.0 Å². The lowest BCUT2D eigenvalue weighted by atomic mass is 9.91. The van der Waals surface area contributed by atoms with E-state index in [9.17, 15) is 0 Å². The van der Waals surface area contributed by atoms with Gasteiger partial charge in [0.25, 0.3) is 0 Å². The van der Waals surface area contributed by atoms with Crippen LogP contribution in [0.3, 0.4) is 0 Å². The summed E-state index contributed by atoms with van der Waals surface area (Å²) >= 11 is 8.39. The SMILES string of the molecule is Cc1ccc2sc3cccc(-c4nc(Cl)nc(-c5cccc(-c6ccc7c(-c8ccccc8)cc(-c8ccccc8)cc7c6)c5)n4)c3c2c1. The third kappa shape index (κ3) is 5.45. The first-order valence-corrected chi connectivity index (χ1v) is 17.4. The minimum atomic E-state index is 0.172. The lowest BCUT2D eigenvalue weighted by Crippen LogP contribution is -1.97. The molecule has 0 saturated carbocycles. The summed E-state index contributed by atoms with van der Waals surface area (Å²) in [4.78, 5) is 14.2. The number of hydrogen-bond acceptors (Lipinski definition) is 4. The fourth-order valence-corrected chi connectivity index (χ4v) is 8.04. The van der Waals surface area contributed by atoms with Gasteiger partial charge in [0.15, 0.2) is 11.6 Å². The van der Waals surface area contributed by atoms with Gasteiger partial charge in [-0.3, -0.25) is 0 Å². The number of nitrogens with zero attached hydrogens (tertiary/aromatic N) is 3. The van der Waals surface area contributed by atoms with Gasteiger partial charge in [0.05, 0.1) is 0 Å². The zero-order valence-corrected chi connectivity index (χ0v) is 28.1. The molecule has 0 spiro atoms. The number of rotatable bonds is 5. The van der Waals surface area contributed by atoms with Gasteiger partial charge in [-0.1, -0.05) is 115 Å². The van der Waals surface area contributed by atoms with E-state index in [4.69, 9.17) is 16.6 Å². The van der Waals surface area contributed by atoms with Crippen LogP contribution in [0.5, 0.6) is 0 Å². The molecule has 5 heteroatoms. The number of aryl methyl sites for hydroxylation is 1. The lowest BCUT2D eigenvalue weighted by Gasteiger charge is -2.13. The first-order valence-electron chi connectivity index (χ1n) is 16.2. The molecule has 0 unspecified atom stereocenters. The standard InChI is InChI=1S/C44H28ClN3S/c1-27-18-21-39-38(22-27)41-36(16-9-17-40(41)49-39)43-46-42(47-44(45)48-43)32-15-8-14-30(23-32)31-19-20-35-34(24-31)25-33(28-10-4-2-5-11-28)26-37(35)29-12-6-3-7-13-29/h2-26H,1H3. The molecule has 9 rings (SSSR count). The van der Waals surface area contributed by atoms with Crippen molar-refractivity contribution in [2.75, 3.05) is 0 Å². The van der Waals surface area contributed by atoms with Gasteiger partial charge in [-0.25, -0.2) is 4.98 Å². The highest BCUT2D eigenvalue weighted by Crippen LogP contribution is 2.40. The smallest absolute Gasteiger partial charge is 0.208 e. The minimum Gasteiger partial charge on any atom is -0.208 e. The maximum absolute atomic E-state index is 6.61. The number of halogens is 1. The molecule has 0 aliphatic rings. The Labute approximate surface area is 293 Å². The van der Waals surface area contributed by atoms with Gasteiger partial charge in [-0.05, 0) is 105 Å². The highest BCUT2D eigenvalue weighted by Gasteiger charge is 2.17. The highest BCUT2D eigenvalue weighted by atomic mass is 35.5. The van der Waals surface area contributed by atoms with Gasteiger partial charge in [0, 0.05) is 31.3 Å². The molecule has 7 aromatic carbocycles. The van der Waals surface area contributed by atoms with Gasteiger partial charge >= 0.3 is 0 Å². The van der Waals surface area contributed by atoms with E-state index in [1.807, 2.05) is 6.07 Å². The van der Waals surface area contributed by atoms with Crippen LogP contribution in [0.15, 0.2) is 152 Å². The zero-order chi connectivity index (χ0) is 32.9. The fourth-order valence-electron chi connectivity index (χ4n) is 6.77. The van der Waals surface area contributed by atoms with Crippen molar-refractivity contribution >= 4 is 53.9 Å². The summed E-state index contributed by atoms with van der Waals surface area (Å²) in [5.74, 6) is 1.11. The molecule has 232 valence electrons. The molecule has 2 aromatic heterocycles. The van der Waals surface area contributed by atoms with E-state index in [2.05, 4.69) is 162 Å². The van der Waals surface area contributed by atoms with Crippen LogP contribution in [0.2, 0.25) is 5.28 Å². The first kappa shape index (κ1) is 29.5. The van der Waals surface area contributed by atoms with Gasteiger partial charge in [-0.15, -0.1) is 11.3 Å². The van der Waals surface area contributed by atoms with E-state index in [0.29, 0.717) is 11.6 Å². The van der Waals surface area contributed by atoms with E-state index in [1.165, 1.54) is 53.4 Å². The summed E-state index contributed by atoms with van der Waals surface area (Å²) in [6.45, 7) is 2.12. The second-order valence-electron chi connectivity index (χ2n) is 12.3. The molecule has 0 aliphatic carbocycles. The summed E-state index contributed by atoms with van der Waals surface area (Å²) in [6, 6.07) is 53.7. The molecular formula is C44H28ClN3S. The summed E-state index contributed by atoms with van der Waals surface area (Å²) in [7, 11) is 0. The van der Waals surface area contributed by atoms with Crippen molar-refractivity contribution in [3.05, 3.63) is 163 Å². The van der Waals surface area contributed by atoms with Crippen LogP contribution in [0.1, 0.15) is 5.56 Å². The molecule has 0 atom stereocenters. The number of benzene rings is 7. The molecule has 2 heterocycles. The van der Waals surface area contributed by atoms with E-state index < -0.39 is 0 Å². The van der Waals surface area contributed by atoms with Crippen LogP contribution in [-0.4, -0.2) is 15.0 Å². The molecule has 0 amide bonds. The van der Waals surface area contributed by atoms with Crippen molar-refractivity contribution in [1.29, 1.82) is 0 Å². The normalized spacial score (nSPS) is 11.5. The Balaban J connectivity index is 1.15. The Morgan fingerprint density at radius 1 is 0.449 bits per heavy atom. The van der Waals surface area contributed by atoms with Crippen LogP contribution >= 0.6 is 22.9 Å². The zero-order valence-electron chi connectivity index (χ0n) is 26.6. The second-order valence-corrected chi connectivity index (χ2v) is 13.7. The highest BCUT2D eigenvalue weighted by molar-refractivity contribution is 7.25. The lowest BCUT2D eigenvalue weighted by molar-refractivity contribution is 1.07. The van der Waals surface area contributed by atoms with Gasteiger partial charge in [0.2, 0.25) is 5.28 Å². The number of hydrogen-bond donors (Lipinski definition) is 0. The summed E-state index contributed by atoms with van der Waals surface area (Å²) < 4.78 is 2.43. The molecule has 0 fully saturated rings. The Bertz CT molecular complexity index is 2680. The predicted molar refractivity (Wildman–Crippen MR) is 207 cm³/mol. The molecule has 49 heavy (non-hydrogen) atoms. The summed E-state index contributed by atoms with van der Waals surface area (Å²) in [5.41, 5.74) is 10.0. The third-order valence-electron chi connectivity index (χ3n) is 9.10. The van der Waals surface area contributed by atoms with Crippen LogP contribution in [-0.2, 0) is 0 Å².